The Morgan fingerprint density at radius 1 is 1.06 bits per heavy atom. The van der Waals surface area contributed by atoms with Crippen molar-refractivity contribution in [3.8, 4) is 11.8 Å². The molecule has 3 rings (SSSR count). The summed E-state index contributed by atoms with van der Waals surface area (Å²) in [4.78, 5) is 28.1. The number of hydrazone groups is 1. The van der Waals surface area contributed by atoms with Crippen LogP contribution in [0, 0.1) is 11.8 Å². The Morgan fingerprint density at radius 2 is 1.69 bits per heavy atom. The van der Waals surface area contributed by atoms with Crippen LogP contribution in [-0.4, -0.2) is 66.1 Å². The molecule has 0 unspecified atom stereocenters. The highest BCUT2D eigenvalue weighted by molar-refractivity contribution is 6.13. The smallest absolute Gasteiger partial charge is 0.257 e. The molecule has 0 saturated carbocycles. The number of benzene rings is 2. The van der Waals surface area contributed by atoms with Gasteiger partial charge in [-0.15, -0.1) is 6.58 Å². The minimum Gasteiger partial charge on any atom is -0.299 e. The first-order valence-electron chi connectivity index (χ1n) is 12.7. The molecule has 1 aliphatic rings. The quantitative estimate of drug-likeness (QED) is 0.368. The number of rotatable bonds is 7. The summed E-state index contributed by atoms with van der Waals surface area (Å²) in [6.45, 7) is 8.14. The molecule has 2 aromatic rings. The Bertz CT molecular complexity index is 1040. The van der Waals surface area contributed by atoms with Gasteiger partial charge in [0.05, 0.1) is 24.8 Å². The second-order valence-electron chi connectivity index (χ2n) is 8.76. The third-order valence-corrected chi connectivity index (χ3v) is 6.10. The standard InChI is InChI=1S/C30H36N4O2/c1-3-20-33-21-12-11-19-27(28(35)4-2)31-24-29(36)34(23-14-13-22-33)32-30(25-15-7-5-8-16-25)26-17-9-6-10-18-26/h3,5-10,15-18,27,31H,1,4,11-12,19-24H2,2H3/t27-/m0/s1. The summed E-state index contributed by atoms with van der Waals surface area (Å²) in [7, 11) is 0. The molecular formula is C30H36N4O2. The predicted octanol–water partition coefficient (Wildman–Crippen LogP) is 3.88. The summed E-state index contributed by atoms with van der Waals surface area (Å²) in [6, 6.07) is 19.3. The number of nitrogens with one attached hydrogen (secondary N) is 1. The summed E-state index contributed by atoms with van der Waals surface area (Å²) < 4.78 is 0. The van der Waals surface area contributed by atoms with Gasteiger partial charge >= 0.3 is 0 Å². The molecule has 0 bridgehead atoms. The van der Waals surface area contributed by atoms with E-state index in [0.717, 1.165) is 37.1 Å². The third kappa shape index (κ3) is 8.30. The molecule has 0 fully saturated rings. The predicted molar refractivity (Wildman–Crippen MR) is 146 cm³/mol. The number of amides is 1. The highest BCUT2D eigenvalue weighted by atomic mass is 16.2. The highest BCUT2D eigenvalue weighted by Gasteiger charge is 2.21. The molecule has 6 heteroatoms. The van der Waals surface area contributed by atoms with Crippen molar-refractivity contribution in [2.45, 2.75) is 38.6 Å². The fraction of sp³-hybridized carbons (Fsp3) is 0.367. The van der Waals surface area contributed by atoms with E-state index in [1.807, 2.05) is 73.7 Å². The van der Waals surface area contributed by atoms with Gasteiger partial charge in [0.15, 0.2) is 0 Å². The number of Topliss-reactive ketones (excluding diaryl/α,β-unsaturated/α-hetero) is 1. The van der Waals surface area contributed by atoms with Crippen molar-refractivity contribution in [3.05, 3.63) is 84.4 Å². The minimum atomic E-state index is -0.339. The number of hydrogen-bond acceptors (Lipinski definition) is 5. The lowest BCUT2D eigenvalue weighted by molar-refractivity contribution is -0.130. The molecule has 188 valence electrons. The lowest BCUT2D eigenvalue weighted by atomic mass is 10.0. The fourth-order valence-corrected chi connectivity index (χ4v) is 4.10. The topological polar surface area (TPSA) is 65.0 Å². The van der Waals surface area contributed by atoms with Crippen molar-refractivity contribution >= 4 is 17.4 Å². The largest absolute Gasteiger partial charge is 0.299 e. The van der Waals surface area contributed by atoms with E-state index in [1.165, 1.54) is 5.01 Å². The van der Waals surface area contributed by atoms with E-state index >= 15 is 0 Å². The monoisotopic (exact) mass is 484 g/mol. The van der Waals surface area contributed by atoms with Crippen LogP contribution in [0.3, 0.4) is 0 Å². The van der Waals surface area contributed by atoms with Crippen LogP contribution in [-0.2, 0) is 9.59 Å². The first-order valence-corrected chi connectivity index (χ1v) is 12.7. The molecule has 1 aliphatic heterocycles. The number of carbonyl (C=O) groups is 2. The van der Waals surface area contributed by atoms with E-state index in [-0.39, 0.29) is 30.8 Å². The van der Waals surface area contributed by atoms with Gasteiger partial charge in [-0.05, 0) is 19.4 Å². The van der Waals surface area contributed by atoms with E-state index < -0.39 is 0 Å². The van der Waals surface area contributed by atoms with Crippen LogP contribution in [0.1, 0.15) is 43.7 Å². The normalized spacial score (nSPS) is 17.9. The van der Waals surface area contributed by atoms with Crippen molar-refractivity contribution < 1.29 is 9.59 Å². The second-order valence-corrected chi connectivity index (χ2v) is 8.76. The lowest BCUT2D eigenvalue weighted by Gasteiger charge is -2.22. The lowest BCUT2D eigenvalue weighted by Crippen LogP contribution is -2.43. The van der Waals surface area contributed by atoms with Gasteiger partial charge < -0.3 is 0 Å². The maximum absolute atomic E-state index is 13.4. The van der Waals surface area contributed by atoms with Crippen LogP contribution in [0.5, 0.6) is 0 Å². The average Bonchev–Trinajstić information content (AvgIpc) is 2.92. The first kappa shape index (κ1) is 27.1. The van der Waals surface area contributed by atoms with Gasteiger partial charge in [0.1, 0.15) is 12.3 Å². The van der Waals surface area contributed by atoms with Crippen LogP contribution < -0.4 is 5.32 Å². The van der Waals surface area contributed by atoms with Gasteiger partial charge in [0, 0.05) is 24.1 Å². The van der Waals surface area contributed by atoms with Gasteiger partial charge in [0.2, 0.25) is 0 Å². The molecule has 0 radical (unpaired) electrons. The molecule has 2 aromatic carbocycles. The Labute approximate surface area is 215 Å². The summed E-state index contributed by atoms with van der Waals surface area (Å²) in [5.41, 5.74) is 2.52. The fourth-order valence-electron chi connectivity index (χ4n) is 4.10. The zero-order chi connectivity index (χ0) is 25.6. The van der Waals surface area contributed by atoms with Crippen molar-refractivity contribution in [2.75, 3.05) is 32.7 Å². The van der Waals surface area contributed by atoms with Gasteiger partial charge in [-0.1, -0.05) is 91.9 Å². The van der Waals surface area contributed by atoms with Crippen LogP contribution >= 0.6 is 0 Å². The molecule has 0 aromatic heterocycles. The maximum atomic E-state index is 13.4. The van der Waals surface area contributed by atoms with Crippen LogP contribution in [0.4, 0.5) is 0 Å². The number of nitrogens with zero attached hydrogens (tertiary/aromatic N) is 3. The molecule has 36 heavy (non-hydrogen) atoms. The van der Waals surface area contributed by atoms with Crippen molar-refractivity contribution in [2.24, 2.45) is 5.10 Å². The number of hydrogen-bond donors (Lipinski definition) is 1. The van der Waals surface area contributed by atoms with E-state index in [9.17, 15) is 9.59 Å². The SMILES string of the molecule is C=CCN1CC#CCN(N=C(c2ccccc2)c2ccccc2)C(=O)CN[C@H](C(=O)CC)CCCC1. The molecule has 0 spiro atoms. The molecule has 0 saturated heterocycles. The number of carbonyl (C=O) groups excluding carboxylic acids is 2. The Kier molecular flexibility index (Phi) is 11.1. The van der Waals surface area contributed by atoms with E-state index in [2.05, 4.69) is 28.6 Å². The van der Waals surface area contributed by atoms with Gasteiger partial charge in [-0.3, -0.25) is 19.8 Å². The van der Waals surface area contributed by atoms with Crippen LogP contribution in [0.25, 0.3) is 0 Å². The Morgan fingerprint density at radius 3 is 2.31 bits per heavy atom. The summed E-state index contributed by atoms with van der Waals surface area (Å²) in [5.74, 6) is 6.25. The average molecular weight is 485 g/mol. The third-order valence-electron chi connectivity index (χ3n) is 6.10. The number of ketones is 1. The molecular weight excluding hydrogens is 448 g/mol. The summed E-state index contributed by atoms with van der Waals surface area (Å²) >= 11 is 0. The molecule has 1 heterocycles. The van der Waals surface area contributed by atoms with Crippen LogP contribution in [0.2, 0.25) is 0 Å². The van der Waals surface area contributed by atoms with Gasteiger partial charge in [-0.2, -0.15) is 5.10 Å². The molecule has 0 aliphatic carbocycles. The second kappa shape index (κ2) is 14.8. The van der Waals surface area contributed by atoms with E-state index in [4.69, 9.17) is 5.10 Å². The first-order chi connectivity index (χ1) is 17.6. The zero-order valence-corrected chi connectivity index (χ0v) is 21.2. The van der Waals surface area contributed by atoms with Crippen molar-refractivity contribution in [1.29, 1.82) is 0 Å². The van der Waals surface area contributed by atoms with E-state index in [0.29, 0.717) is 25.1 Å². The zero-order valence-electron chi connectivity index (χ0n) is 21.2. The molecule has 1 N–H and O–H groups in total. The Balaban J connectivity index is 1.95. The molecule has 1 atom stereocenters. The summed E-state index contributed by atoms with van der Waals surface area (Å²) in [6.07, 6.45) is 4.88. The van der Waals surface area contributed by atoms with Crippen LogP contribution in [0.15, 0.2) is 78.4 Å². The van der Waals surface area contributed by atoms with Gasteiger partial charge in [-0.25, -0.2) is 5.01 Å². The Hall–Kier alpha value is -3.53. The highest BCUT2D eigenvalue weighted by Crippen LogP contribution is 2.13. The van der Waals surface area contributed by atoms with Gasteiger partial charge in [0.25, 0.3) is 5.91 Å². The molecule has 1 amide bonds. The summed E-state index contributed by atoms with van der Waals surface area (Å²) in [5, 5.41) is 9.44. The maximum Gasteiger partial charge on any atom is 0.257 e. The minimum absolute atomic E-state index is 0.0288. The van der Waals surface area contributed by atoms with Crippen molar-refractivity contribution in [1.82, 2.24) is 15.2 Å². The molecule has 6 nitrogen and oxygen atoms in total. The van der Waals surface area contributed by atoms with Crippen molar-refractivity contribution in [3.63, 3.8) is 0 Å². The van der Waals surface area contributed by atoms with E-state index in [1.54, 1.807) is 0 Å².